The summed E-state index contributed by atoms with van der Waals surface area (Å²) in [6.45, 7) is 3.23. The molecule has 0 saturated carbocycles. The van der Waals surface area contributed by atoms with E-state index in [4.69, 9.17) is 10.5 Å². The summed E-state index contributed by atoms with van der Waals surface area (Å²) in [4.78, 5) is 0. The number of rotatable bonds is 2. The Morgan fingerprint density at radius 3 is 3.28 bits per heavy atom. The number of benzene rings is 1. The van der Waals surface area contributed by atoms with Gasteiger partial charge in [0.1, 0.15) is 17.7 Å². The fourth-order valence-corrected chi connectivity index (χ4v) is 2.43. The number of ether oxygens (including phenoxy) is 1. The first-order chi connectivity index (χ1) is 8.66. The van der Waals surface area contributed by atoms with Crippen molar-refractivity contribution < 1.29 is 9.84 Å². The molecule has 0 amide bonds. The van der Waals surface area contributed by atoms with Gasteiger partial charge in [0.2, 0.25) is 0 Å². The zero-order valence-electron chi connectivity index (χ0n) is 10.3. The van der Waals surface area contributed by atoms with Gasteiger partial charge in [-0.2, -0.15) is 5.10 Å². The maximum Gasteiger partial charge on any atom is 0.131 e. The van der Waals surface area contributed by atoms with E-state index in [0.717, 1.165) is 29.7 Å². The number of phenolic OH excluding ortho intramolecular Hbond substituents is 1. The Hall–Kier alpha value is -1.75. The van der Waals surface area contributed by atoms with Crippen molar-refractivity contribution >= 4 is 10.9 Å². The molecule has 0 aliphatic carbocycles. The van der Waals surface area contributed by atoms with Gasteiger partial charge in [0, 0.05) is 17.7 Å². The Morgan fingerprint density at radius 2 is 2.50 bits per heavy atom. The van der Waals surface area contributed by atoms with Crippen molar-refractivity contribution in [1.82, 2.24) is 9.78 Å². The van der Waals surface area contributed by atoms with Crippen molar-refractivity contribution in [3.63, 3.8) is 0 Å². The molecule has 3 rings (SSSR count). The third-order valence-electron chi connectivity index (χ3n) is 3.17. The maximum absolute atomic E-state index is 9.98. The van der Waals surface area contributed by atoms with Crippen LogP contribution in [0, 0.1) is 6.20 Å². The molecule has 0 fully saturated rings. The number of fused-ring (bicyclic) bond motifs is 3. The first-order valence-electron chi connectivity index (χ1n) is 6.18. The summed E-state index contributed by atoms with van der Waals surface area (Å²) in [6.07, 6.45) is 4.78. The highest BCUT2D eigenvalue weighted by atomic mass is 16.5. The van der Waals surface area contributed by atoms with Crippen LogP contribution in [0.15, 0.2) is 6.07 Å². The summed E-state index contributed by atoms with van der Waals surface area (Å²) in [5, 5.41) is 14.8. The van der Waals surface area contributed by atoms with Crippen LogP contribution in [0.1, 0.15) is 18.9 Å². The topological polar surface area (TPSA) is 73.3 Å². The molecule has 5 nitrogen and oxygen atoms in total. The van der Waals surface area contributed by atoms with Crippen molar-refractivity contribution in [2.75, 3.05) is 6.61 Å². The smallest absolute Gasteiger partial charge is 0.131 e. The molecule has 0 unspecified atom stereocenters. The minimum absolute atomic E-state index is 0.00371. The number of phenols is 1. The van der Waals surface area contributed by atoms with E-state index in [1.54, 1.807) is 6.07 Å². The number of hydrogen-bond donors (Lipinski definition) is 2. The summed E-state index contributed by atoms with van der Waals surface area (Å²) in [5.41, 5.74) is 7.83. The third kappa shape index (κ3) is 1.71. The average Bonchev–Trinajstić information content (AvgIpc) is 2.73. The van der Waals surface area contributed by atoms with Gasteiger partial charge in [-0.1, -0.05) is 0 Å². The first-order valence-corrected chi connectivity index (χ1v) is 6.18. The van der Waals surface area contributed by atoms with Gasteiger partial charge in [-0.05, 0) is 19.8 Å². The molecule has 2 aromatic rings. The van der Waals surface area contributed by atoms with E-state index in [9.17, 15) is 5.11 Å². The Kier molecular flexibility index (Phi) is 2.63. The van der Waals surface area contributed by atoms with Gasteiger partial charge in [0.05, 0.1) is 24.1 Å². The number of nitrogens with two attached hydrogens (primary N) is 1. The zero-order chi connectivity index (χ0) is 12.7. The Bertz CT molecular complexity index is 589. The van der Waals surface area contributed by atoms with Crippen LogP contribution in [0.4, 0.5) is 0 Å². The normalized spacial score (nSPS) is 16.3. The van der Waals surface area contributed by atoms with Crippen molar-refractivity contribution in [3.8, 4) is 11.5 Å². The molecule has 1 aliphatic rings. The average molecular weight is 246 g/mol. The number of hydrogen-bond acceptors (Lipinski definition) is 4. The van der Waals surface area contributed by atoms with E-state index in [0.29, 0.717) is 18.5 Å². The van der Waals surface area contributed by atoms with E-state index >= 15 is 0 Å². The second-order valence-electron chi connectivity index (χ2n) is 4.82. The van der Waals surface area contributed by atoms with Crippen LogP contribution in [-0.4, -0.2) is 27.5 Å². The van der Waals surface area contributed by atoms with Gasteiger partial charge >= 0.3 is 0 Å². The summed E-state index contributed by atoms with van der Waals surface area (Å²) in [6, 6.07) is 1.66. The Labute approximate surface area is 105 Å². The molecule has 5 heteroatoms. The highest BCUT2D eigenvalue weighted by Crippen LogP contribution is 2.37. The van der Waals surface area contributed by atoms with Crippen LogP contribution < -0.4 is 10.5 Å². The predicted molar refractivity (Wildman–Crippen MR) is 67.7 cm³/mol. The lowest BCUT2D eigenvalue weighted by molar-refractivity contribution is 0.287. The maximum atomic E-state index is 9.98. The molecule has 1 aromatic heterocycles. The molecule has 1 atom stereocenters. The molecule has 3 N–H and O–H groups in total. The van der Waals surface area contributed by atoms with Crippen molar-refractivity contribution in [1.29, 1.82) is 0 Å². The van der Waals surface area contributed by atoms with Crippen LogP contribution >= 0.6 is 0 Å². The molecule has 0 spiro atoms. The highest BCUT2D eigenvalue weighted by molar-refractivity contribution is 5.89. The van der Waals surface area contributed by atoms with Crippen LogP contribution in [0.25, 0.3) is 10.9 Å². The van der Waals surface area contributed by atoms with Crippen molar-refractivity contribution in [3.05, 3.63) is 17.8 Å². The monoisotopic (exact) mass is 246 g/mol. The lowest BCUT2D eigenvalue weighted by Crippen LogP contribution is -2.23. The van der Waals surface area contributed by atoms with E-state index < -0.39 is 0 Å². The van der Waals surface area contributed by atoms with Gasteiger partial charge < -0.3 is 15.6 Å². The van der Waals surface area contributed by atoms with Gasteiger partial charge in [0.15, 0.2) is 0 Å². The molecule has 1 aliphatic heterocycles. The largest absolute Gasteiger partial charge is 0.507 e. The number of aryl methyl sites for hydroxylation is 1. The fraction of sp³-hybridized carbons (Fsp3) is 0.462. The summed E-state index contributed by atoms with van der Waals surface area (Å²) in [7, 11) is 0. The van der Waals surface area contributed by atoms with Crippen LogP contribution in [0.2, 0.25) is 0 Å². The molecule has 2 heterocycles. The van der Waals surface area contributed by atoms with Crippen LogP contribution in [0.5, 0.6) is 11.5 Å². The fourth-order valence-electron chi connectivity index (χ4n) is 2.43. The van der Waals surface area contributed by atoms with Gasteiger partial charge in [-0.15, -0.1) is 0 Å². The molecule has 1 radical (unpaired) electrons. The molecule has 18 heavy (non-hydrogen) atoms. The predicted octanol–water partition coefficient (Wildman–Crippen LogP) is 1.21. The standard InChI is InChI=1S/C13H16N3O2/c1-8(14)7-16-13-9-3-2-4-18-12(9)5-11(17)10(13)6-15-16/h5,8,17H,2-4,7,14H2,1H3/t8-/m0/s1. The van der Waals surface area contributed by atoms with Gasteiger partial charge in [-0.3, -0.25) is 4.68 Å². The molecular formula is C13H16N3O2. The highest BCUT2D eigenvalue weighted by Gasteiger charge is 2.20. The lowest BCUT2D eigenvalue weighted by atomic mass is 10.0. The van der Waals surface area contributed by atoms with E-state index in [1.807, 2.05) is 11.6 Å². The lowest BCUT2D eigenvalue weighted by Gasteiger charge is -2.19. The Morgan fingerprint density at radius 1 is 1.67 bits per heavy atom. The van der Waals surface area contributed by atoms with Crippen LogP contribution in [0.3, 0.4) is 0 Å². The second-order valence-corrected chi connectivity index (χ2v) is 4.82. The molecule has 0 bridgehead atoms. The summed E-state index contributed by atoms with van der Waals surface area (Å²) >= 11 is 0. The minimum Gasteiger partial charge on any atom is -0.507 e. The number of nitrogens with zero attached hydrogens (tertiary/aromatic N) is 2. The summed E-state index contributed by atoms with van der Waals surface area (Å²) in [5.74, 6) is 0.924. The van der Waals surface area contributed by atoms with E-state index in [-0.39, 0.29) is 11.8 Å². The van der Waals surface area contributed by atoms with E-state index in [1.165, 1.54) is 0 Å². The first kappa shape index (κ1) is 11.3. The second kappa shape index (κ2) is 4.17. The number of aromatic nitrogens is 2. The SMILES string of the molecule is C[C@H](N)Cn1n[c]c2c(O)cc3c(c21)CCCO3. The molecule has 95 valence electrons. The minimum atomic E-state index is 0.00371. The quantitative estimate of drug-likeness (QED) is 0.835. The molecule has 0 saturated heterocycles. The zero-order valence-corrected chi connectivity index (χ0v) is 10.3. The molecule has 1 aromatic carbocycles. The number of aromatic hydroxyl groups is 1. The van der Waals surface area contributed by atoms with Gasteiger partial charge in [-0.25, -0.2) is 0 Å². The van der Waals surface area contributed by atoms with Crippen molar-refractivity contribution in [2.24, 2.45) is 5.73 Å². The Balaban J connectivity index is 2.24. The van der Waals surface area contributed by atoms with Crippen molar-refractivity contribution in [2.45, 2.75) is 32.4 Å². The molecular weight excluding hydrogens is 230 g/mol. The van der Waals surface area contributed by atoms with E-state index in [2.05, 4.69) is 11.3 Å². The third-order valence-corrected chi connectivity index (χ3v) is 3.17. The van der Waals surface area contributed by atoms with Crippen LogP contribution in [-0.2, 0) is 13.0 Å². The van der Waals surface area contributed by atoms with Gasteiger partial charge in [0.25, 0.3) is 0 Å². The summed E-state index contributed by atoms with van der Waals surface area (Å²) < 4.78 is 7.41.